The van der Waals surface area contributed by atoms with Crippen LogP contribution in [0.5, 0.6) is 0 Å². The lowest BCUT2D eigenvalue weighted by molar-refractivity contribution is 1.13. The molecule has 1 aromatic rings. The van der Waals surface area contributed by atoms with Crippen LogP contribution in [0.1, 0.15) is 0 Å². The van der Waals surface area contributed by atoms with Crippen molar-refractivity contribution in [1.82, 2.24) is 4.98 Å². The SMILES string of the molecule is C[SH](C)c1ccccn1. The van der Waals surface area contributed by atoms with E-state index in [4.69, 9.17) is 0 Å². The van der Waals surface area contributed by atoms with Crippen LogP contribution in [0, 0.1) is 0 Å². The zero-order valence-electron chi connectivity index (χ0n) is 5.70. The van der Waals surface area contributed by atoms with E-state index in [0.717, 1.165) is 0 Å². The summed E-state index contributed by atoms with van der Waals surface area (Å²) < 4.78 is 0. The van der Waals surface area contributed by atoms with Crippen molar-refractivity contribution in [2.75, 3.05) is 12.5 Å². The zero-order chi connectivity index (χ0) is 6.69. The second-order valence-corrected chi connectivity index (χ2v) is 4.33. The maximum Gasteiger partial charge on any atom is 0.0759 e. The fourth-order valence-corrected chi connectivity index (χ4v) is 1.30. The van der Waals surface area contributed by atoms with Crippen molar-refractivity contribution in [3.05, 3.63) is 24.4 Å². The fraction of sp³-hybridized carbons (Fsp3) is 0.286. The van der Waals surface area contributed by atoms with E-state index in [-0.39, 0.29) is 10.9 Å². The van der Waals surface area contributed by atoms with Crippen LogP contribution < -0.4 is 0 Å². The molecular formula is C7H11NS. The Kier molecular flexibility index (Phi) is 2.11. The summed E-state index contributed by atoms with van der Waals surface area (Å²) in [4.78, 5) is 4.21. The van der Waals surface area contributed by atoms with Gasteiger partial charge in [-0.3, -0.25) is 4.98 Å². The van der Waals surface area contributed by atoms with E-state index in [2.05, 4.69) is 23.6 Å². The van der Waals surface area contributed by atoms with Gasteiger partial charge in [0.2, 0.25) is 0 Å². The molecule has 2 heteroatoms. The van der Waals surface area contributed by atoms with Crippen molar-refractivity contribution in [3.63, 3.8) is 0 Å². The highest BCUT2D eigenvalue weighted by molar-refractivity contribution is 8.15. The van der Waals surface area contributed by atoms with Gasteiger partial charge in [-0.05, 0) is 24.6 Å². The minimum atomic E-state index is -0.00669. The van der Waals surface area contributed by atoms with Gasteiger partial charge in [0, 0.05) is 6.20 Å². The lowest BCUT2D eigenvalue weighted by Crippen LogP contribution is -1.80. The Morgan fingerprint density at radius 3 is 2.44 bits per heavy atom. The molecule has 0 bridgehead atoms. The molecule has 0 aliphatic carbocycles. The van der Waals surface area contributed by atoms with Gasteiger partial charge in [-0.15, -0.1) is 0 Å². The third kappa shape index (κ3) is 1.72. The van der Waals surface area contributed by atoms with Gasteiger partial charge in [0.1, 0.15) is 0 Å². The first-order chi connectivity index (χ1) is 4.30. The van der Waals surface area contributed by atoms with Gasteiger partial charge < -0.3 is 0 Å². The molecule has 0 unspecified atom stereocenters. The molecule has 50 valence electrons. The molecule has 1 nitrogen and oxygen atoms in total. The Morgan fingerprint density at radius 2 is 2.11 bits per heavy atom. The molecule has 0 atom stereocenters. The van der Waals surface area contributed by atoms with E-state index in [9.17, 15) is 0 Å². The average molecular weight is 141 g/mol. The Morgan fingerprint density at radius 1 is 1.33 bits per heavy atom. The van der Waals surface area contributed by atoms with Crippen molar-refractivity contribution in [1.29, 1.82) is 0 Å². The molecule has 0 aliphatic rings. The van der Waals surface area contributed by atoms with E-state index < -0.39 is 0 Å². The summed E-state index contributed by atoms with van der Waals surface area (Å²) in [6, 6.07) is 6.05. The first-order valence-corrected chi connectivity index (χ1v) is 5.12. The highest BCUT2D eigenvalue weighted by atomic mass is 32.2. The van der Waals surface area contributed by atoms with E-state index in [1.807, 2.05) is 18.3 Å². The van der Waals surface area contributed by atoms with Gasteiger partial charge in [0.15, 0.2) is 0 Å². The van der Waals surface area contributed by atoms with Crippen LogP contribution in [0.4, 0.5) is 0 Å². The summed E-state index contributed by atoms with van der Waals surface area (Å²) in [6.45, 7) is 0. The standard InChI is InChI=1S/C7H11NS/c1-9(2)7-5-3-4-6-8-7/h3-6,9H,1-2H3. The van der Waals surface area contributed by atoms with Gasteiger partial charge in [0.05, 0.1) is 5.03 Å². The summed E-state index contributed by atoms with van der Waals surface area (Å²) in [5, 5.41) is 1.23. The average Bonchev–Trinajstić information content (AvgIpc) is 1.90. The first-order valence-electron chi connectivity index (χ1n) is 2.89. The second kappa shape index (κ2) is 2.87. The highest BCUT2D eigenvalue weighted by Gasteiger charge is 1.90. The Bertz CT molecular complexity index is 172. The third-order valence-electron chi connectivity index (χ3n) is 1.11. The number of hydrogen-bond acceptors (Lipinski definition) is 1. The van der Waals surface area contributed by atoms with E-state index in [0.29, 0.717) is 0 Å². The predicted molar refractivity (Wildman–Crippen MR) is 43.3 cm³/mol. The maximum atomic E-state index is 4.21. The summed E-state index contributed by atoms with van der Waals surface area (Å²) in [7, 11) is -0.00669. The van der Waals surface area contributed by atoms with Crippen LogP contribution in [0.2, 0.25) is 0 Å². The molecule has 9 heavy (non-hydrogen) atoms. The first kappa shape index (κ1) is 6.62. The van der Waals surface area contributed by atoms with E-state index in [1.165, 1.54) is 5.03 Å². The van der Waals surface area contributed by atoms with Crippen LogP contribution in [-0.2, 0) is 0 Å². The van der Waals surface area contributed by atoms with E-state index >= 15 is 0 Å². The van der Waals surface area contributed by atoms with Gasteiger partial charge in [-0.2, -0.15) is 0 Å². The van der Waals surface area contributed by atoms with Crippen LogP contribution in [0.15, 0.2) is 29.4 Å². The van der Waals surface area contributed by atoms with Crippen molar-refractivity contribution in [3.8, 4) is 0 Å². The molecule has 0 aliphatic heterocycles. The smallest absolute Gasteiger partial charge is 0.0759 e. The molecule has 1 heterocycles. The lowest BCUT2D eigenvalue weighted by atomic mass is 10.5. The molecule has 0 aromatic carbocycles. The second-order valence-electron chi connectivity index (χ2n) is 2.08. The van der Waals surface area contributed by atoms with Gasteiger partial charge >= 0.3 is 0 Å². The van der Waals surface area contributed by atoms with Crippen LogP contribution in [-0.4, -0.2) is 17.5 Å². The molecule has 0 saturated carbocycles. The Balaban J connectivity index is 2.85. The third-order valence-corrected chi connectivity index (χ3v) is 2.29. The van der Waals surface area contributed by atoms with Gasteiger partial charge in [-0.1, -0.05) is 6.07 Å². The van der Waals surface area contributed by atoms with Crippen LogP contribution in [0.3, 0.4) is 0 Å². The quantitative estimate of drug-likeness (QED) is 0.587. The maximum absolute atomic E-state index is 4.21. The molecular weight excluding hydrogens is 130 g/mol. The monoisotopic (exact) mass is 141 g/mol. The Labute approximate surface area is 58.5 Å². The van der Waals surface area contributed by atoms with Crippen molar-refractivity contribution in [2.24, 2.45) is 0 Å². The highest BCUT2D eigenvalue weighted by Crippen LogP contribution is 2.24. The number of pyridine rings is 1. The molecule has 1 aromatic heterocycles. The fourth-order valence-electron chi connectivity index (χ4n) is 0.618. The Hall–Kier alpha value is -0.500. The number of nitrogens with zero attached hydrogens (tertiary/aromatic N) is 1. The number of rotatable bonds is 1. The summed E-state index contributed by atoms with van der Waals surface area (Å²) in [6.07, 6.45) is 6.26. The molecule has 1 rings (SSSR count). The predicted octanol–water partition coefficient (Wildman–Crippen LogP) is 1.70. The van der Waals surface area contributed by atoms with Crippen molar-refractivity contribution >= 4 is 10.9 Å². The van der Waals surface area contributed by atoms with Gasteiger partial charge in [-0.25, -0.2) is 10.9 Å². The molecule has 0 N–H and O–H groups in total. The zero-order valence-corrected chi connectivity index (χ0v) is 6.60. The summed E-state index contributed by atoms with van der Waals surface area (Å²) >= 11 is 0. The minimum Gasteiger partial charge on any atom is -0.252 e. The largest absolute Gasteiger partial charge is 0.252 e. The van der Waals surface area contributed by atoms with E-state index in [1.54, 1.807) is 0 Å². The minimum absolute atomic E-state index is 0.00669. The van der Waals surface area contributed by atoms with Crippen molar-refractivity contribution in [2.45, 2.75) is 5.03 Å². The summed E-state index contributed by atoms with van der Waals surface area (Å²) in [5.74, 6) is 0. The number of thiol groups is 1. The van der Waals surface area contributed by atoms with Crippen LogP contribution in [0.25, 0.3) is 0 Å². The molecule has 0 fully saturated rings. The molecule has 0 amide bonds. The summed E-state index contributed by atoms with van der Waals surface area (Å²) in [5.41, 5.74) is 0. The van der Waals surface area contributed by atoms with Gasteiger partial charge in [0.25, 0.3) is 0 Å². The molecule has 0 spiro atoms. The lowest BCUT2D eigenvalue weighted by Gasteiger charge is -2.05. The number of aromatic nitrogens is 1. The topological polar surface area (TPSA) is 12.9 Å². The molecule has 0 radical (unpaired) electrons. The van der Waals surface area contributed by atoms with Crippen molar-refractivity contribution < 1.29 is 0 Å². The number of hydrogen-bond donors (Lipinski definition) is 1. The van der Waals surface area contributed by atoms with Crippen LogP contribution >= 0.6 is 10.9 Å². The normalized spacial score (nSPS) is 11.1. The molecule has 0 saturated heterocycles.